The Bertz CT molecular complexity index is 485. The molecular weight excluding hydrogens is 176 g/mol. The molecule has 74 valence electrons. The van der Waals surface area contributed by atoms with Gasteiger partial charge < -0.3 is 15.5 Å². The third-order valence-electron chi connectivity index (χ3n) is 2.66. The van der Waals surface area contributed by atoms with E-state index in [1.807, 2.05) is 12.1 Å². The number of rotatable bonds is 1. The lowest BCUT2D eigenvalue weighted by molar-refractivity contribution is 0.417. The second kappa shape index (κ2) is 2.94. The van der Waals surface area contributed by atoms with Gasteiger partial charge in [0, 0.05) is 16.6 Å². The number of anilines is 1. The summed E-state index contributed by atoms with van der Waals surface area (Å²) >= 11 is 0. The molecule has 3 nitrogen and oxygen atoms in total. The number of benzene rings is 1. The van der Waals surface area contributed by atoms with Crippen molar-refractivity contribution < 1.29 is 4.74 Å². The molecule has 0 spiro atoms. The van der Waals surface area contributed by atoms with E-state index in [0.717, 1.165) is 11.3 Å². The number of aromatic nitrogens is 1. The van der Waals surface area contributed by atoms with Gasteiger partial charge in [0.15, 0.2) is 0 Å². The zero-order valence-electron chi connectivity index (χ0n) is 8.64. The van der Waals surface area contributed by atoms with Crippen molar-refractivity contribution in [2.24, 2.45) is 0 Å². The Kier molecular flexibility index (Phi) is 1.88. The van der Waals surface area contributed by atoms with Gasteiger partial charge in [-0.3, -0.25) is 0 Å². The summed E-state index contributed by atoms with van der Waals surface area (Å²) in [5, 5.41) is 1.17. The molecule has 1 aromatic carbocycles. The van der Waals surface area contributed by atoms with Crippen LogP contribution >= 0.6 is 0 Å². The van der Waals surface area contributed by atoms with Crippen molar-refractivity contribution in [2.75, 3.05) is 12.8 Å². The maximum Gasteiger partial charge on any atom is 0.142 e. The third kappa shape index (κ3) is 1.13. The van der Waals surface area contributed by atoms with Crippen LogP contribution in [0.15, 0.2) is 12.1 Å². The summed E-state index contributed by atoms with van der Waals surface area (Å²) < 4.78 is 5.18. The molecule has 0 saturated heterocycles. The first-order valence-corrected chi connectivity index (χ1v) is 4.56. The number of aryl methyl sites for hydroxylation is 2. The predicted molar refractivity (Wildman–Crippen MR) is 58.7 cm³/mol. The third-order valence-corrected chi connectivity index (χ3v) is 2.66. The largest absolute Gasteiger partial charge is 0.495 e. The average molecular weight is 190 g/mol. The highest BCUT2D eigenvalue weighted by atomic mass is 16.5. The van der Waals surface area contributed by atoms with Crippen LogP contribution < -0.4 is 10.5 Å². The summed E-state index contributed by atoms with van der Waals surface area (Å²) in [5.74, 6) is 0.736. The summed E-state index contributed by atoms with van der Waals surface area (Å²) in [6.45, 7) is 4.14. The standard InChI is InChI=1S/C11H14N2O/c1-6-7(2)13-10-5-9(12)11(14-3)4-8(6)10/h4-5,13H,12H2,1-3H3. The summed E-state index contributed by atoms with van der Waals surface area (Å²) in [4.78, 5) is 3.28. The first-order valence-electron chi connectivity index (χ1n) is 4.56. The maximum atomic E-state index is 5.81. The van der Waals surface area contributed by atoms with Crippen LogP contribution in [-0.2, 0) is 0 Å². The second-order valence-electron chi connectivity index (χ2n) is 3.51. The molecule has 2 aromatic rings. The number of nitrogen functional groups attached to an aromatic ring is 1. The number of hydrogen-bond donors (Lipinski definition) is 2. The highest BCUT2D eigenvalue weighted by molar-refractivity contribution is 5.89. The first kappa shape index (κ1) is 8.94. The van der Waals surface area contributed by atoms with Gasteiger partial charge in [0.05, 0.1) is 12.8 Å². The van der Waals surface area contributed by atoms with Crippen LogP contribution in [0.3, 0.4) is 0 Å². The van der Waals surface area contributed by atoms with E-state index in [1.54, 1.807) is 7.11 Å². The highest BCUT2D eigenvalue weighted by Gasteiger charge is 2.07. The molecule has 0 unspecified atom stereocenters. The topological polar surface area (TPSA) is 51.0 Å². The van der Waals surface area contributed by atoms with Crippen LogP contribution in [-0.4, -0.2) is 12.1 Å². The SMILES string of the molecule is COc1cc2c(C)c(C)[nH]c2cc1N. The monoisotopic (exact) mass is 190 g/mol. The number of nitrogens with one attached hydrogen (secondary N) is 1. The summed E-state index contributed by atoms with van der Waals surface area (Å²) in [5.41, 5.74) is 9.97. The zero-order valence-corrected chi connectivity index (χ0v) is 8.64. The molecule has 0 aliphatic rings. The molecule has 0 aliphatic carbocycles. The van der Waals surface area contributed by atoms with Crippen molar-refractivity contribution in [1.29, 1.82) is 0 Å². The summed E-state index contributed by atoms with van der Waals surface area (Å²) in [6.07, 6.45) is 0. The summed E-state index contributed by atoms with van der Waals surface area (Å²) in [7, 11) is 1.63. The van der Waals surface area contributed by atoms with Crippen LogP contribution in [0.1, 0.15) is 11.3 Å². The van der Waals surface area contributed by atoms with Gasteiger partial charge in [-0.05, 0) is 31.5 Å². The number of ether oxygens (including phenoxy) is 1. The number of methoxy groups -OCH3 is 1. The Morgan fingerprint density at radius 2 is 2.00 bits per heavy atom. The van der Waals surface area contributed by atoms with Gasteiger partial charge in [-0.15, -0.1) is 0 Å². The van der Waals surface area contributed by atoms with Crippen LogP contribution in [0.4, 0.5) is 5.69 Å². The molecular formula is C11H14N2O. The molecule has 0 aliphatic heterocycles. The lowest BCUT2D eigenvalue weighted by atomic mass is 10.1. The maximum absolute atomic E-state index is 5.81. The zero-order chi connectivity index (χ0) is 10.3. The van der Waals surface area contributed by atoms with E-state index in [1.165, 1.54) is 16.6 Å². The molecule has 1 aromatic heterocycles. The first-order chi connectivity index (χ1) is 6.63. The van der Waals surface area contributed by atoms with Crippen molar-refractivity contribution in [1.82, 2.24) is 4.98 Å². The molecule has 0 amide bonds. The fourth-order valence-electron chi connectivity index (χ4n) is 1.68. The molecule has 0 fully saturated rings. The molecule has 0 bridgehead atoms. The van der Waals surface area contributed by atoms with Crippen LogP contribution in [0, 0.1) is 13.8 Å². The average Bonchev–Trinajstić information content (AvgIpc) is 2.41. The molecule has 2 rings (SSSR count). The Morgan fingerprint density at radius 3 is 2.64 bits per heavy atom. The number of aromatic amines is 1. The van der Waals surface area contributed by atoms with Gasteiger partial charge in [-0.2, -0.15) is 0 Å². The number of fused-ring (bicyclic) bond motifs is 1. The highest BCUT2D eigenvalue weighted by Crippen LogP contribution is 2.30. The van der Waals surface area contributed by atoms with Crippen molar-refractivity contribution in [3.8, 4) is 5.75 Å². The lowest BCUT2D eigenvalue weighted by Crippen LogP contribution is -1.91. The van der Waals surface area contributed by atoms with Crippen molar-refractivity contribution in [3.63, 3.8) is 0 Å². The smallest absolute Gasteiger partial charge is 0.142 e. The normalized spacial score (nSPS) is 10.8. The van der Waals surface area contributed by atoms with E-state index in [9.17, 15) is 0 Å². The Labute approximate surface area is 82.9 Å². The van der Waals surface area contributed by atoms with Gasteiger partial charge in [-0.25, -0.2) is 0 Å². The summed E-state index contributed by atoms with van der Waals surface area (Å²) in [6, 6.07) is 3.89. The molecule has 0 radical (unpaired) electrons. The molecule has 14 heavy (non-hydrogen) atoms. The van der Waals surface area contributed by atoms with Crippen molar-refractivity contribution in [2.45, 2.75) is 13.8 Å². The lowest BCUT2D eigenvalue weighted by Gasteiger charge is -2.04. The second-order valence-corrected chi connectivity index (χ2v) is 3.51. The minimum Gasteiger partial charge on any atom is -0.495 e. The van der Waals surface area contributed by atoms with Crippen molar-refractivity contribution >= 4 is 16.6 Å². The van der Waals surface area contributed by atoms with Crippen molar-refractivity contribution in [3.05, 3.63) is 23.4 Å². The Hall–Kier alpha value is -1.64. The van der Waals surface area contributed by atoms with Crippen LogP contribution in [0.2, 0.25) is 0 Å². The quantitative estimate of drug-likeness (QED) is 0.678. The van der Waals surface area contributed by atoms with E-state index in [-0.39, 0.29) is 0 Å². The fourth-order valence-corrected chi connectivity index (χ4v) is 1.68. The van der Waals surface area contributed by atoms with Crippen LogP contribution in [0.25, 0.3) is 10.9 Å². The number of H-pyrrole nitrogens is 1. The van der Waals surface area contributed by atoms with Gasteiger partial charge >= 0.3 is 0 Å². The van der Waals surface area contributed by atoms with E-state index in [4.69, 9.17) is 10.5 Å². The van der Waals surface area contributed by atoms with E-state index < -0.39 is 0 Å². The molecule has 0 atom stereocenters. The molecule has 1 heterocycles. The molecule has 0 saturated carbocycles. The van der Waals surface area contributed by atoms with E-state index >= 15 is 0 Å². The van der Waals surface area contributed by atoms with Gasteiger partial charge in [0.1, 0.15) is 5.75 Å². The van der Waals surface area contributed by atoms with Gasteiger partial charge in [0.25, 0.3) is 0 Å². The van der Waals surface area contributed by atoms with Crippen LogP contribution in [0.5, 0.6) is 5.75 Å². The molecule has 3 N–H and O–H groups in total. The minimum atomic E-state index is 0.668. The van der Waals surface area contributed by atoms with E-state index in [0.29, 0.717) is 5.69 Å². The minimum absolute atomic E-state index is 0.668. The fraction of sp³-hybridized carbons (Fsp3) is 0.273. The van der Waals surface area contributed by atoms with E-state index in [2.05, 4.69) is 18.8 Å². The molecule has 3 heteroatoms. The number of nitrogens with two attached hydrogens (primary N) is 1. The van der Waals surface area contributed by atoms with Gasteiger partial charge in [0.2, 0.25) is 0 Å². The Morgan fingerprint density at radius 1 is 1.29 bits per heavy atom. The van der Waals surface area contributed by atoms with Gasteiger partial charge in [-0.1, -0.05) is 0 Å². The predicted octanol–water partition coefficient (Wildman–Crippen LogP) is 2.38. The number of hydrogen-bond acceptors (Lipinski definition) is 2. The Balaban J connectivity index is 2.80.